The van der Waals surface area contributed by atoms with E-state index >= 15 is 0 Å². The lowest BCUT2D eigenvalue weighted by molar-refractivity contribution is 1.44. The van der Waals surface area contributed by atoms with Gasteiger partial charge in [-0.15, -0.1) is 0 Å². The van der Waals surface area contributed by atoms with Gasteiger partial charge in [-0.05, 0) is 212 Å². The molecule has 0 saturated carbocycles. The van der Waals surface area contributed by atoms with Gasteiger partial charge in [0.1, 0.15) is 0 Å². The van der Waals surface area contributed by atoms with Crippen LogP contribution in [0.5, 0.6) is 0 Å². The second-order valence-corrected chi connectivity index (χ2v) is 17.7. The van der Waals surface area contributed by atoms with Gasteiger partial charge in [0.15, 0.2) is 0 Å². The van der Waals surface area contributed by atoms with E-state index in [9.17, 15) is 0 Å². The molecule has 0 amide bonds. The molecular formula is C68H52. The Kier molecular flexibility index (Phi) is 11.3. The molecule has 0 fully saturated rings. The Morgan fingerprint density at radius 1 is 0.265 bits per heavy atom. The van der Waals surface area contributed by atoms with E-state index in [1.54, 1.807) is 0 Å². The zero-order valence-corrected chi connectivity index (χ0v) is 39.1. The minimum atomic E-state index is 1.18. The SMILES string of the molecule is C/C=C\c1cc(-c2cc(-c3cccc(-c4cc(-c5ccc6ccccc6c5)cc(-c5cc6ccccc6c6ccccc56)c4)c3)cc(-c3cc4ccccc4c4ccccc34)c2)ccc1C.CC. The van der Waals surface area contributed by atoms with Crippen LogP contribution in [0.25, 0.3) is 127 Å². The summed E-state index contributed by atoms with van der Waals surface area (Å²) in [5.41, 5.74) is 16.9. The highest BCUT2D eigenvalue weighted by Crippen LogP contribution is 2.42. The monoisotopic (exact) mass is 868 g/mol. The molecule has 68 heavy (non-hydrogen) atoms. The molecule has 0 aliphatic rings. The summed E-state index contributed by atoms with van der Waals surface area (Å²) in [6, 6.07) is 85.9. The van der Waals surface area contributed by atoms with Gasteiger partial charge in [-0.25, -0.2) is 0 Å². The molecule has 0 bridgehead atoms. The maximum Gasteiger partial charge on any atom is -0.00986 e. The van der Waals surface area contributed by atoms with Crippen molar-refractivity contribution in [3.8, 4) is 66.8 Å². The average Bonchev–Trinajstić information content (AvgIpc) is 3.41. The van der Waals surface area contributed by atoms with Crippen molar-refractivity contribution in [3.63, 3.8) is 0 Å². The summed E-state index contributed by atoms with van der Waals surface area (Å²) in [7, 11) is 0. The maximum atomic E-state index is 2.40. The summed E-state index contributed by atoms with van der Waals surface area (Å²) in [6.07, 6.45) is 4.34. The first-order valence-electron chi connectivity index (χ1n) is 24.0. The first-order valence-corrected chi connectivity index (χ1v) is 24.0. The van der Waals surface area contributed by atoms with Crippen molar-refractivity contribution in [2.45, 2.75) is 27.7 Å². The molecule has 0 spiro atoms. The molecule has 0 radical (unpaired) electrons. The van der Waals surface area contributed by atoms with E-state index < -0.39 is 0 Å². The second-order valence-electron chi connectivity index (χ2n) is 17.7. The summed E-state index contributed by atoms with van der Waals surface area (Å²) in [5.74, 6) is 0. The Balaban J connectivity index is 0.00000250. The fourth-order valence-corrected chi connectivity index (χ4v) is 10.2. The Morgan fingerprint density at radius 2 is 0.647 bits per heavy atom. The lowest BCUT2D eigenvalue weighted by Gasteiger charge is -2.17. The minimum Gasteiger partial charge on any atom is -0.0871 e. The van der Waals surface area contributed by atoms with Gasteiger partial charge in [0.25, 0.3) is 0 Å². The second kappa shape index (κ2) is 18.2. The van der Waals surface area contributed by atoms with E-state index in [4.69, 9.17) is 0 Å². The number of fused-ring (bicyclic) bond motifs is 7. The van der Waals surface area contributed by atoms with Gasteiger partial charge in [0.05, 0.1) is 0 Å². The first kappa shape index (κ1) is 42.3. The average molecular weight is 869 g/mol. The molecule has 12 aromatic rings. The van der Waals surface area contributed by atoms with Crippen molar-refractivity contribution >= 4 is 59.9 Å². The molecule has 0 heteroatoms. The molecule has 0 aliphatic heterocycles. The molecular weight excluding hydrogens is 817 g/mol. The van der Waals surface area contributed by atoms with Crippen LogP contribution >= 0.6 is 0 Å². The van der Waals surface area contributed by atoms with Gasteiger partial charge in [0, 0.05) is 0 Å². The molecule has 0 nitrogen and oxygen atoms in total. The number of hydrogen-bond acceptors (Lipinski definition) is 0. The van der Waals surface area contributed by atoms with Gasteiger partial charge in [-0.3, -0.25) is 0 Å². The normalized spacial score (nSPS) is 11.5. The third kappa shape index (κ3) is 7.85. The zero-order chi connectivity index (χ0) is 46.1. The zero-order valence-electron chi connectivity index (χ0n) is 39.1. The van der Waals surface area contributed by atoms with Crippen molar-refractivity contribution in [2.24, 2.45) is 0 Å². The highest BCUT2D eigenvalue weighted by atomic mass is 14.2. The van der Waals surface area contributed by atoms with Gasteiger partial charge >= 0.3 is 0 Å². The molecule has 12 aromatic carbocycles. The fraction of sp³-hybridized carbons (Fsp3) is 0.0588. The van der Waals surface area contributed by atoms with Gasteiger partial charge in [-0.1, -0.05) is 190 Å². The van der Waals surface area contributed by atoms with Gasteiger partial charge < -0.3 is 0 Å². The molecule has 0 aliphatic carbocycles. The van der Waals surface area contributed by atoms with Crippen molar-refractivity contribution in [3.05, 3.63) is 248 Å². The third-order valence-electron chi connectivity index (χ3n) is 13.6. The summed E-state index contributed by atoms with van der Waals surface area (Å²) < 4.78 is 0. The molecule has 324 valence electrons. The Morgan fingerprint density at radius 3 is 1.16 bits per heavy atom. The molecule has 0 heterocycles. The van der Waals surface area contributed by atoms with Crippen LogP contribution in [0.3, 0.4) is 0 Å². The standard InChI is InChI=1S/C66H46.C2H6/c1-3-15-45-32-49(29-28-43(45)2)55-35-53(37-57(39-55)65-41-51-18-6-8-22-59(51)61-24-10-12-26-63(61)65)47-20-14-21-48(34-47)54-36-56(50-31-30-44-16-4-5-17-46(44)33-50)40-58(38-54)66-42-52-19-7-9-23-60(52)62-25-11-13-27-64(62)66;1-2/h3-42H,1-2H3;1-2H3/b15-3-;. The predicted octanol–water partition coefficient (Wildman–Crippen LogP) is 19.8. The van der Waals surface area contributed by atoms with Crippen LogP contribution in [-0.2, 0) is 0 Å². The molecule has 0 atom stereocenters. The highest BCUT2D eigenvalue weighted by molar-refractivity contribution is 6.15. The van der Waals surface area contributed by atoms with E-state index in [2.05, 4.69) is 257 Å². The Bertz CT molecular complexity index is 3900. The number of allylic oxidation sites excluding steroid dienone is 1. The molecule has 0 unspecified atom stereocenters. The van der Waals surface area contributed by atoms with Crippen molar-refractivity contribution in [2.75, 3.05) is 0 Å². The van der Waals surface area contributed by atoms with Crippen LogP contribution in [0.15, 0.2) is 237 Å². The number of aryl methyl sites for hydroxylation is 1. The highest BCUT2D eigenvalue weighted by Gasteiger charge is 2.16. The van der Waals surface area contributed by atoms with E-state index in [1.165, 1.54) is 132 Å². The molecule has 0 aromatic heterocycles. The quantitative estimate of drug-likeness (QED) is 0.140. The van der Waals surface area contributed by atoms with Crippen LogP contribution in [0.1, 0.15) is 31.9 Å². The van der Waals surface area contributed by atoms with Crippen LogP contribution in [0, 0.1) is 6.92 Å². The molecule has 12 rings (SSSR count). The largest absolute Gasteiger partial charge is 0.0871 e. The van der Waals surface area contributed by atoms with Crippen LogP contribution in [0.4, 0.5) is 0 Å². The fourth-order valence-electron chi connectivity index (χ4n) is 10.2. The van der Waals surface area contributed by atoms with Gasteiger partial charge in [-0.2, -0.15) is 0 Å². The van der Waals surface area contributed by atoms with Crippen LogP contribution in [0.2, 0.25) is 0 Å². The van der Waals surface area contributed by atoms with E-state index in [-0.39, 0.29) is 0 Å². The summed E-state index contributed by atoms with van der Waals surface area (Å²) in [4.78, 5) is 0. The Labute approximate surface area is 400 Å². The van der Waals surface area contributed by atoms with E-state index in [0.717, 1.165) is 0 Å². The summed E-state index contributed by atoms with van der Waals surface area (Å²) >= 11 is 0. The number of benzene rings is 12. The smallest absolute Gasteiger partial charge is 0.00986 e. The van der Waals surface area contributed by atoms with Crippen LogP contribution < -0.4 is 0 Å². The van der Waals surface area contributed by atoms with Crippen LogP contribution in [-0.4, -0.2) is 0 Å². The minimum absolute atomic E-state index is 1.18. The summed E-state index contributed by atoms with van der Waals surface area (Å²) in [6.45, 7) is 8.28. The number of rotatable bonds is 7. The van der Waals surface area contributed by atoms with Gasteiger partial charge in [0.2, 0.25) is 0 Å². The lowest BCUT2D eigenvalue weighted by Crippen LogP contribution is -1.91. The topological polar surface area (TPSA) is 0 Å². The lowest BCUT2D eigenvalue weighted by atomic mass is 9.87. The first-order chi connectivity index (χ1) is 33.5. The van der Waals surface area contributed by atoms with E-state index in [0.29, 0.717) is 0 Å². The summed E-state index contributed by atoms with van der Waals surface area (Å²) in [5, 5.41) is 12.6. The maximum absolute atomic E-state index is 2.40. The van der Waals surface area contributed by atoms with Crippen molar-refractivity contribution in [1.82, 2.24) is 0 Å². The number of hydrogen-bond donors (Lipinski definition) is 0. The molecule has 0 saturated heterocycles. The van der Waals surface area contributed by atoms with E-state index in [1.807, 2.05) is 13.8 Å². The van der Waals surface area contributed by atoms with Crippen molar-refractivity contribution < 1.29 is 0 Å². The Hall–Kier alpha value is -8.32. The molecule has 0 N–H and O–H groups in total. The van der Waals surface area contributed by atoms with Crippen molar-refractivity contribution in [1.29, 1.82) is 0 Å². The third-order valence-corrected chi connectivity index (χ3v) is 13.6. The predicted molar refractivity (Wildman–Crippen MR) is 297 cm³/mol.